The number of carbonyl (C=O) groups excluding carboxylic acids is 3. The fourth-order valence-electron chi connectivity index (χ4n) is 2.39. The van der Waals surface area contributed by atoms with Gasteiger partial charge in [0.25, 0.3) is 11.8 Å². The zero-order valence-electron chi connectivity index (χ0n) is 13.1. The van der Waals surface area contributed by atoms with Crippen LogP contribution in [0.1, 0.15) is 19.3 Å². The quantitative estimate of drug-likeness (QED) is 0.591. The maximum Gasteiger partial charge on any atom is 0.490 e. The number of nitrogens with one attached hydrogen (secondary N) is 1. The molecule has 2 atom stereocenters. The standard InChI is InChI=1S/C12H17N3O3.C2HF3O2/c13-9-3-1-2-8(9)12(18)14-6-7-15-10(16)4-5-11(15)17;3-2(4,5)1(6)7/h4-5,8-9H,1-3,6-7,13H2,(H,14,18);(H,6,7)/t8-,9+;/m1./s1. The fraction of sp³-hybridized carbons (Fsp3) is 0.571. The van der Waals surface area contributed by atoms with Gasteiger partial charge in [-0.05, 0) is 12.8 Å². The lowest BCUT2D eigenvalue weighted by molar-refractivity contribution is -0.192. The van der Waals surface area contributed by atoms with Gasteiger partial charge in [-0.2, -0.15) is 13.2 Å². The van der Waals surface area contributed by atoms with Gasteiger partial charge in [-0.1, -0.05) is 6.42 Å². The summed E-state index contributed by atoms with van der Waals surface area (Å²) in [5.74, 6) is -3.62. The average molecular weight is 365 g/mol. The molecule has 1 saturated carbocycles. The van der Waals surface area contributed by atoms with E-state index in [2.05, 4.69) is 5.32 Å². The van der Waals surface area contributed by atoms with Crippen molar-refractivity contribution >= 4 is 23.7 Å². The van der Waals surface area contributed by atoms with Crippen molar-refractivity contribution in [1.82, 2.24) is 10.2 Å². The molecule has 4 N–H and O–H groups in total. The Morgan fingerprint density at radius 3 is 2.16 bits per heavy atom. The van der Waals surface area contributed by atoms with E-state index in [0.29, 0.717) is 0 Å². The third-order valence-corrected chi connectivity index (χ3v) is 3.68. The number of nitrogens with zero attached hydrogens (tertiary/aromatic N) is 1. The fourth-order valence-corrected chi connectivity index (χ4v) is 2.39. The zero-order chi connectivity index (χ0) is 19.2. The van der Waals surface area contributed by atoms with Crippen LogP contribution in [0.25, 0.3) is 0 Å². The Morgan fingerprint density at radius 2 is 1.76 bits per heavy atom. The zero-order valence-corrected chi connectivity index (χ0v) is 13.1. The van der Waals surface area contributed by atoms with Gasteiger partial charge in [0.1, 0.15) is 0 Å². The molecule has 0 aromatic carbocycles. The number of hydrogen-bond acceptors (Lipinski definition) is 5. The van der Waals surface area contributed by atoms with Crippen molar-refractivity contribution in [2.75, 3.05) is 13.1 Å². The van der Waals surface area contributed by atoms with Crippen LogP contribution in [0.15, 0.2) is 12.2 Å². The van der Waals surface area contributed by atoms with Crippen molar-refractivity contribution in [2.24, 2.45) is 11.7 Å². The first-order valence-electron chi connectivity index (χ1n) is 7.41. The number of carbonyl (C=O) groups is 4. The highest BCUT2D eigenvalue weighted by Crippen LogP contribution is 2.23. The van der Waals surface area contributed by atoms with Gasteiger partial charge in [-0.15, -0.1) is 0 Å². The molecule has 0 aromatic heterocycles. The SMILES string of the molecule is N[C@H]1CCC[C@H]1C(=O)NCCN1C(=O)C=CC1=O.O=C(O)C(F)(F)F. The van der Waals surface area contributed by atoms with Crippen molar-refractivity contribution < 1.29 is 37.5 Å². The minimum Gasteiger partial charge on any atom is -0.475 e. The monoisotopic (exact) mass is 365 g/mol. The van der Waals surface area contributed by atoms with Crippen LogP contribution in [0, 0.1) is 5.92 Å². The molecule has 1 fully saturated rings. The Kier molecular flexibility index (Phi) is 7.09. The molecule has 1 heterocycles. The van der Waals surface area contributed by atoms with Crippen LogP contribution in [0.3, 0.4) is 0 Å². The molecule has 3 amide bonds. The summed E-state index contributed by atoms with van der Waals surface area (Å²) in [5, 5.41) is 9.86. The number of nitrogens with two attached hydrogens (primary N) is 1. The Morgan fingerprint density at radius 1 is 1.24 bits per heavy atom. The van der Waals surface area contributed by atoms with Crippen molar-refractivity contribution in [1.29, 1.82) is 0 Å². The molecule has 0 aromatic rings. The third-order valence-electron chi connectivity index (χ3n) is 3.68. The summed E-state index contributed by atoms with van der Waals surface area (Å²) >= 11 is 0. The molecule has 2 aliphatic rings. The summed E-state index contributed by atoms with van der Waals surface area (Å²) in [4.78, 5) is 44.3. The maximum atomic E-state index is 11.8. The first-order valence-corrected chi connectivity index (χ1v) is 7.41. The molecule has 140 valence electrons. The Balaban J connectivity index is 0.000000381. The molecule has 25 heavy (non-hydrogen) atoms. The number of aliphatic carboxylic acids is 1. The van der Waals surface area contributed by atoms with Gasteiger partial charge in [0.15, 0.2) is 0 Å². The number of carboxylic acids is 1. The summed E-state index contributed by atoms with van der Waals surface area (Å²) in [5.41, 5.74) is 5.83. The summed E-state index contributed by atoms with van der Waals surface area (Å²) in [6, 6.07) is -0.0679. The molecular formula is C14H18F3N3O5. The highest BCUT2D eigenvalue weighted by molar-refractivity contribution is 6.12. The Bertz CT molecular complexity index is 559. The van der Waals surface area contributed by atoms with E-state index in [1.807, 2.05) is 0 Å². The maximum absolute atomic E-state index is 11.8. The number of rotatable bonds is 4. The molecule has 0 saturated heterocycles. The van der Waals surface area contributed by atoms with E-state index < -0.39 is 12.1 Å². The van der Waals surface area contributed by atoms with E-state index in [1.165, 1.54) is 12.2 Å². The first-order chi connectivity index (χ1) is 11.5. The second-order valence-corrected chi connectivity index (χ2v) is 5.46. The first kappa shape index (κ1) is 20.6. The van der Waals surface area contributed by atoms with Gasteiger partial charge in [0.2, 0.25) is 5.91 Å². The third kappa shape index (κ3) is 6.18. The van der Waals surface area contributed by atoms with Gasteiger partial charge < -0.3 is 16.2 Å². The van der Waals surface area contributed by atoms with E-state index in [0.717, 1.165) is 24.2 Å². The summed E-state index contributed by atoms with van der Waals surface area (Å²) < 4.78 is 31.7. The van der Waals surface area contributed by atoms with Crippen LogP contribution >= 0.6 is 0 Å². The van der Waals surface area contributed by atoms with Gasteiger partial charge in [-0.3, -0.25) is 19.3 Å². The number of amides is 3. The van der Waals surface area contributed by atoms with E-state index in [4.69, 9.17) is 15.6 Å². The van der Waals surface area contributed by atoms with Crippen LogP contribution in [0.4, 0.5) is 13.2 Å². The van der Waals surface area contributed by atoms with Crippen molar-refractivity contribution in [2.45, 2.75) is 31.5 Å². The molecule has 8 nitrogen and oxygen atoms in total. The van der Waals surface area contributed by atoms with Gasteiger partial charge in [0, 0.05) is 31.3 Å². The van der Waals surface area contributed by atoms with Crippen LogP contribution in [-0.4, -0.2) is 59.0 Å². The molecular weight excluding hydrogens is 347 g/mol. The summed E-state index contributed by atoms with van der Waals surface area (Å²) in [7, 11) is 0. The number of halogens is 3. The molecule has 0 bridgehead atoms. The van der Waals surface area contributed by atoms with Crippen molar-refractivity contribution in [3.8, 4) is 0 Å². The highest BCUT2D eigenvalue weighted by atomic mass is 19.4. The van der Waals surface area contributed by atoms with Crippen LogP contribution in [0.2, 0.25) is 0 Å². The molecule has 0 unspecified atom stereocenters. The molecule has 11 heteroatoms. The van der Waals surface area contributed by atoms with E-state index >= 15 is 0 Å². The summed E-state index contributed by atoms with van der Waals surface area (Å²) in [6.07, 6.45) is 0.0571. The van der Waals surface area contributed by atoms with Crippen molar-refractivity contribution in [3.05, 3.63) is 12.2 Å². The van der Waals surface area contributed by atoms with Gasteiger partial charge >= 0.3 is 12.1 Å². The van der Waals surface area contributed by atoms with Gasteiger partial charge in [-0.25, -0.2) is 4.79 Å². The smallest absolute Gasteiger partial charge is 0.475 e. The van der Waals surface area contributed by atoms with Gasteiger partial charge in [0.05, 0.1) is 5.92 Å². The second-order valence-electron chi connectivity index (χ2n) is 5.46. The lowest BCUT2D eigenvalue weighted by atomic mass is 10.0. The van der Waals surface area contributed by atoms with Crippen LogP contribution in [0.5, 0.6) is 0 Å². The lowest BCUT2D eigenvalue weighted by Gasteiger charge is -2.17. The number of hydrogen-bond donors (Lipinski definition) is 3. The highest BCUT2D eigenvalue weighted by Gasteiger charge is 2.38. The van der Waals surface area contributed by atoms with Crippen molar-refractivity contribution in [3.63, 3.8) is 0 Å². The molecule has 2 rings (SSSR count). The van der Waals surface area contributed by atoms with Crippen LogP contribution < -0.4 is 11.1 Å². The van der Waals surface area contributed by atoms with E-state index in [9.17, 15) is 27.6 Å². The normalized spacial score (nSPS) is 22.6. The minimum atomic E-state index is -5.08. The average Bonchev–Trinajstić information content (AvgIpc) is 3.06. The molecule has 0 radical (unpaired) electrons. The Hall–Kier alpha value is -2.43. The number of imide groups is 1. The molecule has 1 aliphatic carbocycles. The molecule has 0 spiro atoms. The topological polar surface area (TPSA) is 130 Å². The summed E-state index contributed by atoms with van der Waals surface area (Å²) in [6.45, 7) is 0.486. The number of alkyl halides is 3. The molecule has 1 aliphatic heterocycles. The number of carboxylic acid groups (broad SMARTS) is 1. The van der Waals surface area contributed by atoms with Crippen LogP contribution in [-0.2, 0) is 19.2 Å². The second kappa shape index (κ2) is 8.60. The predicted octanol–water partition coefficient (Wildman–Crippen LogP) is -0.212. The largest absolute Gasteiger partial charge is 0.490 e. The Labute approximate surface area is 140 Å². The lowest BCUT2D eigenvalue weighted by Crippen LogP contribution is -2.43. The van der Waals surface area contributed by atoms with E-state index in [-0.39, 0.29) is 42.8 Å². The minimum absolute atomic E-state index is 0.0679. The van der Waals surface area contributed by atoms with E-state index in [1.54, 1.807) is 0 Å². The predicted molar refractivity (Wildman–Crippen MR) is 77.9 cm³/mol.